The zero-order valence-electron chi connectivity index (χ0n) is 45.3. The normalized spacial score (nSPS) is 11.4. The average molecular weight is 1030 g/mol. The maximum atomic E-state index is 12.0. The fourth-order valence-corrected chi connectivity index (χ4v) is 8.72. The molecule has 0 saturated carbocycles. The summed E-state index contributed by atoms with van der Waals surface area (Å²) in [6.07, 6.45) is 10.4. The summed E-state index contributed by atoms with van der Waals surface area (Å²) in [7, 11) is 8.10. The van der Waals surface area contributed by atoms with E-state index in [1.807, 2.05) is 37.9 Å². The predicted molar refractivity (Wildman–Crippen MR) is 303 cm³/mol. The number of hydrogen-bond donors (Lipinski definition) is 0. The van der Waals surface area contributed by atoms with E-state index in [0.29, 0.717) is 13.5 Å². The number of nitrogens with zero attached hydrogens (tertiary/aromatic N) is 6. The molecule has 0 saturated heterocycles. The van der Waals surface area contributed by atoms with Gasteiger partial charge in [-0.25, -0.2) is 0 Å². The van der Waals surface area contributed by atoms with Crippen LogP contribution >= 0.6 is 48.9 Å². The summed E-state index contributed by atoms with van der Waals surface area (Å²) in [6, 6.07) is 3.59. The molecule has 0 bridgehead atoms. The predicted octanol–water partition coefficient (Wildman–Crippen LogP) is 8.50. The van der Waals surface area contributed by atoms with Gasteiger partial charge in [-0.2, -0.15) is 0 Å². The van der Waals surface area contributed by atoms with Crippen LogP contribution in [0, 0.1) is 25.9 Å². The van der Waals surface area contributed by atoms with E-state index >= 15 is 0 Å². The molecule has 0 unspecified atom stereocenters. The minimum absolute atomic E-state index is 0. The van der Waals surface area contributed by atoms with Crippen LogP contribution in [0.1, 0.15) is 140 Å². The van der Waals surface area contributed by atoms with Gasteiger partial charge in [0.1, 0.15) is 0 Å². The Labute approximate surface area is 472 Å². The van der Waals surface area contributed by atoms with Crippen LogP contribution in [0.15, 0.2) is 38.7 Å². The van der Waals surface area contributed by atoms with Crippen molar-refractivity contribution >= 4 is 70.8 Å². The molecule has 9 nitrogen and oxygen atoms in total. The first kappa shape index (κ1) is 68.3. The van der Waals surface area contributed by atoms with Crippen LogP contribution in [0.25, 0.3) is 0 Å². The Kier molecular flexibility index (Phi) is 36.1. The van der Waals surface area contributed by atoms with E-state index in [-0.39, 0.29) is 78.5 Å². The Bertz CT molecular complexity index is 2000. The molecule has 14 heteroatoms. The van der Waals surface area contributed by atoms with Crippen LogP contribution < -0.4 is 82.4 Å². The summed E-state index contributed by atoms with van der Waals surface area (Å²) in [4.78, 5) is 49.1. The molecule has 3 rings (SSSR count). The first-order chi connectivity index (χ1) is 30.7. The Morgan fingerprint density at radius 2 is 0.985 bits per heavy atom. The number of rotatable bonds is 27. The van der Waals surface area contributed by atoms with Crippen LogP contribution in [0.2, 0.25) is 0 Å². The van der Waals surface area contributed by atoms with Gasteiger partial charge < -0.3 is 36.3 Å². The second-order valence-electron chi connectivity index (χ2n) is 19.8. The van der Waals surface area contributed by atoms with Crippen molar-refractivity contribution in [3.05, 3.63) is 81.0 Å². The van der Waals surface area contributed by atoms with Crippen molar-refractivity contribution < 1.29 is 51.4 Å². The molecule has 0 atom stereocenters. The first-order valence-corrected chi connectivity index (χ1v) is 26.1. The summed E-state index contributed by atoms with van der Waals surface area (Å²) in [5, 5.41) is 0. The quantitative estimate of drug-likeness (QED) is 0.0242. The summed E-state index contributed by atoms with van der Waals surface area (Å²) in [5.41, 5.74) is 4.73. The van der Waals surface area contributed by atoms with Gasteiger partial charge in [0.2, 0.25) is 16.3 Å². The van der Waals surface area contributed by atoms with Gasteiger partial charge in [0.15, 0.2) is 0 Å². The van der Waals surface area contributed by atoms with Crippen molar-refractivity contribution in [2.45, 2.75) is 139 Å². The van der Waals surface area contributed by atoms with Crippen molar-refractivity contribution in [3.8, 4) is 0 Å². The molecule has 0 aromatic heterocycles. The van der Waals surface area contributed by atoms with E-state index in [4.69, 9.17) is 48.9 Å². The number of unbranched alkanes of at least 4 members (excludes halogenated alkanes) is 3. The van der Waals surface area contributed by atoms with E-state index in [1.54, 1.807) is 12.1 Å². The third kappa shape index (κ3) is 25.5. The van der Waals surface area contributed by atoms with E-state index in [1.165, 1.54) is 32.2 Å². The fourth-order valence-electron chi connectivity index (χ4n) is 7.48. The summed E-state index contributed by atoms with van der Waals surface area (Å²) in [5.74, 6) is 0. The second-order valence-corrected chi connectivity index (χ2v) is 21.7. The second kappa shape index (κ2) is 35.4. The van der Waals surface area contributed by atoms with Crippen LogP contribution in [0.3, 0.4) is 0 Å². The molecule has 67 heavy (non-hydrogen) atoms. The summed E-state index contributed by atoms with van der Waals surface area (Å²) < 4.78 is 1.46. The Hall–Kier alpha value is -0.754. The molecular weight excluding hydrogens is 936 g/mol. The van der Waals surface area contributed by atoms with Crippen molar-refractivity contribution in [3.63, 3.8) is 0 Å². The Morgan fingerprint density at radius 3 is 1.31 bits per heavy atom. The molecule has 0 spiro atoms. The van der Waals surface area contributed by atoms with Gasteiger partial charge in [-0.15, -0.1) is 6.54 Å². The molecule has 0 fully saturated rings. The van der Waals surface area contributed by atoms with E-state index < -0.39 is 0 Å². The zero-order chi connectivity index (χ0) is 50.9. The van der Waals surface area contributed by atoms with E-state index in [2.05, 4.69) is 109 Å². The van der Waals surface area contributed by atoms with Crippen molar-refractivity contribution in [2.24, 2.45) is 5.41 Å². The minimum atomic E-state index is -0.0457. The van der Waals surface area contributed by atoms with Gasteiger partial charge >= 0.3 is 51.4 Å². The van der Waals surface area contributed by atoms with Gasteiger partial charge in [0.25, 0.3) is 0 Å². The van der Waals surface area contributed by atoms with Crippen LogP contribution in [-0.4, -0.2) is 120 Å². The average Bonchev–Trinajstić information content (AvgIpc) is 3.25. The summed E-state index contributed by atoms with van der Waals surface area (Å²) >= 11 is 19.9. The third-order valence-corrected chi connectivity index (χ3v) is 13.0. The number of anilines is 3. The van der Waals surface area contributed by atoms with Crippen LogP contribution in [0.5, 0.6) is 0 Å². The van der Waals surface area contributed by atoms with Crippen LogP contribution in [0.4, 0.5) is 17.1 Å². The molecular formula is C53H91KN6O3S4. The molecule has 3 aromatic carbocycles. The SMILES string of the molecule is C=C(C(C)=S)C(C)(C)C.CCCN(C)CCCCN(C)c1c(C(C)(C)C)c(=S)c1=O.CCCN(CC)CCCCN(C)c1cc(=S)c1=O.[CH2-]CN(CCC)CCCCN(C)c1cc(=S)c1=O.[K+]. The smallest absolute Gasteiger partial charge is 0.371 e. The van der Waals surface area contributed by atoms with Crippen LogP contribution in [-0.2, 0) is 5.41 Å². The Morgan fingerprint density at radius 1 is 0.597 bits per heavy atom. The molecule has 0 aliphatic heterocycles. The molecule has 3 aromatic rings. The van der Waals surface area contributed by atoms with Gasteiger partial charge in [0.05, 0.1) is 30.6 Å². The molecule has 0 radical (unpaired) electrons. The van der Waals surface area contributed by atoms with Gasteiger partial charge in [-0.05, 0) is 146 Å². The largest absolute Gasteiger partial charge is 1.00 e. The number of allylic oxidation sites excluding steroid dienone is 1. The monoisotopic (exact) mass is 1030 g/mol. The number of hydrogen-bond acceptors (Lipinski definition) is 13. The van der Waals surface area contributed by atoms with Gasteiger partial charge in [-0.3, -0.25) is 14.4 Å². The Balaban J connectivity index is 0. The maximum Gasteiger partial charge on any atom is 1.00 e. The van der Waals surface area contributed by atoms with Crippen molar-refractivity contribution in [1.29, 1.82) is 0 Å². The topological polar surface area (TPSA) is 70.7 Å². The van der Waals surface area contributed by atoms with Crippen molar-refractivity contribution in [1.82, 2.24) is 14.7 Å². The molecule has 376 valence electrons. The third-order valence-electron chi connectivity index (χ3n) is 11.8. The van der Waals surface area contributed by atoms with Gasteiger partial charge in [-0.1, -0.05) is 125 Å². The van der Waals surface area contributed by atoms with Crippen molar-refractivity contribution in [2.75, 3.05) is 115 Å². The fraction of sp³-hybridized carbons (Fsp3) is 0.698. The minimum Gasteiger partial charge on any atom is -0.371 e. The molecule has 0 N–H and O–H groups in total. The van der Waals surface area contributed by atoms with E-state index in [9.17, 15) is 14.4 Å². The molecule has 0 amide bonds. The zero-order valence-corrected chi connectivity index (χ0v) is 51.6. The molecule has 0 aliphatic carbocycles. The molecule has 0 aliphatic rings. The number of thiocarbonyl (C=S) groups is 1. The van der Waals surface area contributed by atoms with E-state index in [0.717, 1.165) is 131 Å². The first-order valence-electron chi connectivity index (χ1n) is 24.5. The standard InChI is InChI=1S/C17H30N2OS.C14H24N2OS.C14H23N2OS.C8H14S.K/c1-7-10-18(5)11-8-9-12-19(6)14-13(17(2,3)4)16(21)15(14)20;2*1-4-8-16(5-2)10-7-6-9-15(3)12-11-13(18)14(12)17;1-6(7(2)9)8(3,4)5;/h7-12H2,1-6H3;11H,4-10H2,1-3H3;11H,2,4-10H2,1,3H3;1H2,2-5H3;/q;;-1;;+1. The maximum absolute atomic E-state index is 12.0. The van der Waals surface area contributed by atoms with Gasteiger partial charge in [0, 0.05) is 51.2 Å². The molecule has 0 heterocycles. The summed E-state index contributed by atoms with van der Waals surface area (Å²) in [6.45, 7) is 42.9.